The number of carbonyl (C=O) groups is 1. The molecule has 1 amide bonds. The zero-order valence-corrected chi connectivity index (χ0v) is 13.0. The number of aliphatic hydroxyl groups is 1. The highest BCUT2D eigenvalue weighted by Crippen LogP contribution is 2.31. The van der Waals surface area contributed by atoms with Crippen molar-refractivity contribution in [3.05, 3.63) is 22.4 Å². The van der Waals surface area contributed by atoms with Crippen molar-refractivity contribution >= 4 is 17.2 Å². The zero-order valence-electron chi connectivity index (χ0n) is 12.2. The summed E-state index contributed by atoms with van der Waals surface area (Å²) in [7, 11) is 0. The zero-order chi connectivity index (χ0) is 14.4. The molecule has 0 spiro atoms. The highest BCUT2D eigenvalue weighted by molar-refractivity contribution is 7.07. The molecule has 2 rings (SSSR count). The number of thiophene rings is 1. The van der Waals surface area contributed by atoms with Crippen molar-refractivity contribution in [2.45, 2.75) is 51.6 Å². The number of hydrogen-bond acceptors (Lipinski definition) is 3. The molecular weight excluding hydrogens is 270 g/mol. The van der Waals surface area contributed by atoms with Gasteiger partial charge in [-0.1, -0.05) is 39.0 Å². The summed E-state index contributed by atoms with van der Waals surface area (Å²) >= 11 is 1.56. The molecule has 0 saturated heterocycles. The fourth-order valence-electron chi connectivity index (χ4n) is 3.03. The average Bonchev–Trinajstić information content (AvgIpc) is 3.00. The van der Waals surface area contributed by atoms with Gasteiger partial charge in [0.2, 0.25) is 5.91 Å². The third-order valence-corrected chi connectivity index (χ3v) is 5.08. The lowest BCUT2D eigenvalue weighted by Crippen LogP contribution is -2.31. The molecule has 0 aliphatic heterocycles. The molecule has 112 valence electrons. The maximum absolute atomic E-state index is 12.0. The third-order valence-electron chi connectivity index (χ3n) is 4.38. The monoisotopic (exact) mass is 295 g/mol. The summed E-state index contributed by atoms with van der Waals surface area (Å²) in [4.78, 5) is 12.0. The van der Waals surface area contributed by atoms with E-state index in [1.165, 1.54) is 32.1 Å². The van der Waals surface area contributed by atoms with Gasteiger partial charge < -0.3 is 10.4 Å². The van der Waals surface area contributed by atoms with Crippen LogP contribution in [0.3, 0.4) is 0 Å². The lowest BCUT2D eigenvalue weighted by Gasteiger charge is -2.27. The number of nitrogens with one attached hydrogen (secondary N) is 1. The van der Waals surface area contributed by atoms with Gasteiger partial charge in [0.15, 0.2) is 0 Å². The van der Waals surface area contributed by atoms with Gasteiger partial charge in [-0.05, 0) is 34.2 Å². The van der Waals surface area contributed by atoms with Crippen LogP contribution in [-0.2, 0) is 4.79 Å². The number of carbonyl (C=O) groups excluding carboxylic acids is 1. The molecule has 1 heterocycles. The van der Waals surface area contributed by atoms with Crippen LogP contribution in [-0.4, -0.2) is 17.6 Å². The smallest absolute Gasteiger partial charge is 0.220 e. The first-order valence-corrected chi connectivity index (χ1v) is 8.58. The van der Waals surface area contributed by atoms with E-state index in [2.05, 4.69) is 12.2 Å². The van der Waals surface area contributed by atoms with Crippen molar-refractivity contribution in [3.63, 3.8) is 0 Å². The summed E-state index contributed by atoms with van der Waals surface area (Å²) in [6, 6.07) is 1.89. The lowest BCUT2D eigenvalue weighted by atomic mass is 9.79. The molecule has 3 nitrogen and oxygen atoms in total. The van der Waals surface area contributed by atoms with Gasteiger partial charge in [0.1, 0.15) is 0 Å². The Hall–Kier alpha value is -0.870. The molecule has 1 aliphatic rings. The molecule has 2 unspecified atom stereocenters. The quantitative estimate of drug-likeness (QED) is 0.844. The van der Waals surface area contributed by atoms with Gasteiger partial charge in [0.05, 0.1) is 6.10 Å². The minimum absolute atomic E-state index is 0.0670. The van der Waals surface area contributed by atoms with Crippen LogP contribution in [0.4, 0.5) is 0 Å². The molecule has 1 aromatic rings. The molecule has 1 aliphatic carbocycles. The normalized spacial score (nSPS) is 19.5. The van der Waals surface area contributed by atoms with Crippen LogP contribution >= 0.6 is 11.3 Å². The van der Waals surface area contributed by atoms with Gasteiger partial charge in [0.25, 0.3) is 0 Å². The SMILES string of the molecule is CC(CC(=O)NCC(O)c1ccsc1)C1CCCCC1. The van der Waals surface area contributed by atoms with E-state index in [-0.39, 0.29) is 5.91 Å². The summed E-state index contributed by atoms with van der Waals surface area (Å²) in [6.07, 6.45) is 6.51. The van der Waals surface area contributed by atoms with E-state index >= 15 is 0 Å². The van der Waals surface area contributed by atoms with Crippen LogP contribution in [0.15, 0.2) is 16.8 Å². The molecule has 0 bridgehead atoms. The summed E-state index contributed by atoms with van der Waals surface area (Å²) < 4.78 is 0. The Morgan fingerprint density at radius 2 is 2.20 bits per heavy atom. The van der Waals surface area contributed by atoms with Gasteiger partial charge >= 0.3 is 0 Å². The van der Waals surface area contributed by atoms with Crippen LogP contribution in [0, 0.1) is 11.8 Å². The minimum Gasteiger partial charge on any atom is -0.387 e. The maximum atomic E-state index is 12.0. The van der Waals surface area contributed by atoms with Crippen LogP contribution in [0.5, 0.6) is 0 Å². The predicted octanol–water partition coefficient (Wildman–Crippen LogP) is 3.50. The molecule has 0 radical (unpaired) electrons. The first-order chi connectivity index (χ1) is 9.66. The van der Waals surface area contributed by atoms with Crippen molar-refractivity contribution in [1.82, 2.24) is 5.32 Å². The summed E-state index contributed by atoms with van der Waals surface area (Å²) in [5, 5.41) is 16.6. The Morgan fingerprint density at radius 3 is 2.85 bits per heavy atom. The van der Waals surface area contributed by atoms with Crippen molar-refractivity contribution < 1.29 is 9.90 Å². The standard InChI is InChI=1S/C16H25NO2S/c1-12(13-5-3-2-4-6-13)9-16(19)17-10-15(18)14-7-8-20-11-14/h7-8,11-13,15,18H,2-6,9-10H2,1H3,(H,17,19). The first-order valence-electron chi connectivity index (χ1n) is 7.63. The second kappa shape index (κ2) is 7.79. The highest BCUT2D eigenvalue weighted by atomic mass is 32.1. The van der Waals surface area contributed by atoms with Crippen LogP contribution in [0.25, 0.3) is 0 Å². The Balaban J connectivity index is 1.69. The number of aliphatic hydroxyl groups excluding tert-OH is 1. The van der Waals surface area contributed by atoms with Crippen LogP contribution in [0.2, 0.25) is 0 Å². The third kappa shape index (κ3) is 4.60. The van der Waals surface area contributed by atoms with Gasteiger partial charge in [-0.25, -0.2) is 0 Å². The Labute approximate surface area is 125 Å². The van der Waals surface area contributed by atoms with Crippen LogP contribution < -0.4 is 5.32 Å². The van der Waals surface area contributed by atoms with Gasteiger partial charge in [-0.3, -0.25) is 4.79 Å². The second-order valence-electron chi connectivity index (χ2n) is 5.96. The summed E-state index contributed by atoms with van der Waals surface area (Å²) in [6.45, 7) is 2.50. The molecule has 2 N–H and O–H groups in total. The van der Waals surface area contributed by atoms with Crippen molar-refractivity contribution in [1.29, 1.82) is 0 Å². The van der Waals surface area contributed by atoms with E-state index in [1.807, 2.05) is 16.8 Å². The molecular formula is C16H25NO2S. The molecule has 1 fully saturated rings. The Bertz CT molecular complexity index is 399. The molecule has 1 saturated carbocycles. The Morgan fingerprint density at radius 1 is 1.45 bits per heavy atom. The van der Waals surface area contributed by atoms with Gasteiger partial charge in [-0.15, -0.1) is 0 Å². The Kier molecular flexibility index (Phi) is 6.05. The number of rotatable bonds is 6. The maximum Gasteiger partial charge on any atom is 0.220 e. The van der Waals surface area contributed by atoms with E-state index < -0.39 is 6.10 Å². The van der Waals surface area contributed by atoms with Crippen molar-refractivity contribution in [3.8, 4) is 0 Å². The van der Waals surface area contributed by atoms with E-state index in [4.69, 9.17) is 0 Å². The van der Waals surface area contributed by atoms with Crippen molar-refractivity contribution in [2.24, 2.45) is 11.8 Å². The molecule has 0 aromatic carbocycles. The molecule has 2 atom stereocenters. The highest BCUT2D eigenvalue weighted by Gasteiger charge is 2.22. The van der Waals surface area contributed by atoms with E-state index in [1.54, 1.807) is 11.3 Å². The van der Waals surface area contributed by atoms with Gasteiger partial charge in [-0.2, -0.15) is 11.3 Å². The minimum atomic E-state index is -0.588. The van der Waals surface area contributed by atoms with Gasteiger partial charge in [0, 0.05) is 13.0 Å². The molecule has 1 aromatic heterocycles. The molecule has 20 heavy (non-hydrogen) atoms. The predicted molar refractivity (Wildman–Crippen MR) is 82.6 cm³/mol. The largest absolute Gasteiger partial charge is 0.387 e. The first kappa shape index (κ1) is 15.5. The number of amides is 1. The lowest BCUT2D eigenvalue weighted by molar-refractivity contribution is -0.122. The number of hydrogen-bond donors (Lipinski definition) is 2. The topological polar surface area (TPSA) is 49.3 Å². The van der Waals surface area contributed by atoms with E-state index in [9.17, 15) is 9.90 Å². The van der Waals surface area contributed by atoms with Crippen molar-refractivity contribution in [2.75, 3.05) is 6.54 Å². The van der Waals surface area contributed by atoms with Crippen LogP contribution in [0.1, 0.15) is 57.1 Å². The van der Waals surface area contributed by atoms with E-state index in [0.717, 1.165) is 5.56 Å². The van der Waals surface area contributed by atoms with E-state index in [0.29, 0.717) is 24.8 Å². The second-order valence-corrected chi connectivity index (χ2v) is 6.74. The fraction of sp³-hybridized carbons (Fsp3) is 0.688. The average molecular weight is 295 g/mol. The summed E-state index contributed by atoms with van der Waals surface area (Å²) in [5.74, 6) is 1.22. The summed E-state index contributed by atoms with van der Waals surface area (Å²) in [5.41, 5.74) is 0.885. The molecule has 4 heteroatoms. The fourth-order valence-corrected chi connectivity index (χ4v) is 3.73.